The lowest BCUT2D eigenvalue weighted by Gasteiger charge is -2.57. The van der Waals surface area contributed by atoms with Crippen LogP contribution in [0.25, 0.3) is 0 Å². The zero-order valence-electron chi connectivity index (χ0n) is 21.1. The zero-order chi connectivity index (χ0) is 23.0. The van der Waals surface area contributed by atoms with Gasteiger partial charge in [-0.25, -0.2) is 0 Å². The summed E-state index contributed by atoms with van der Waals surface area (Å²) in [7, 11) is 1.88. The highest BCUT2D eigenvalue weighted by molar-refractivity contribution is 5.50. The number of ether oxygens (including phenoxy) is 1. The molecule has 9 unspecified atom stereocenters. The molecule has 3 heteroatoms. The monoisotopic (exact) mass is 448 g/mol. The molecule has 0 radical (unpaired) electrons. The van der Waals surface area contributed by atoms with Gasteiger partial charge in [0.2, 0.25) is 0 Å². The molecular weight excluding hydrogens is 404 g/mol. The number of benzene rings is 1. The maximum absolute atomic E-state index is 9.31. The number of anilines is 1. The highest BCUT2D eigenvalue weighted by atomic mass is 16.5. The first kappa shape index (κ1) is 23.2. The molecule has 1 aromatic rings. The van der Waals surface area contributed by atoms with Gasteiger partial charge >= 0.3 is 0 Å². The van der Waals surface area contributed by atoms with E-state index in [1.54, 1.807) is 0 Å². The maximum Gasteiger partial charge on any atom is 0.0992 e. The molecule has 1 N–H and O–H groups in total. The minimum Gasteiger partial charge on any atom is -0.384 e. The molecule has 180 valence electrons. The van der Waals surface area contributed by atoms with Crippen LogP contribution in [0.4, 0.5) is 5.69 Å². The number of hydrogen-bond donors (Lipinski definition) is 1. The predicted octanol–water partition coefficient (Wildman–Crippen LogP) is 7.28. The molecule has 0 amide bonds. The minimum atomic E-state index is 0.474. The smallest absolute Gasteiger partial charge is 0.0992 e. The molecule has 0 aromatic heterocycles. The van der Waals surface area contributed by atoms with Crippen LogP contribution in [-0.4, -0.2) is 19.8 Å². The summed E-state index contributed by atoms with van der Waals surface area (Å²) in [5.74, 6) is 6.40. The number of hydrogen-bond acceptors (Lipinski definition) is 3. The van der Waals surface area contributed by atoms with E-state index in [0.29, 0.717) is 11.5 Å². The molecule has 0 bridgehead atoms. The molecule has 4 aliphatic rings. The Hall–Kier alpha value is -1.53. The average molecular weight is 449 g/mol. The van der Waals surface area contributed by atoms with Gasteiger partial charge in [0.05, 0.1) is 11.6 Å². The van der Waals surface area contributed by atoms with Gasteiger partial charge in [-0.3, -0.25) is 0 Å². The van der Waals surface area contributed by atoms with Gasteiger partial charge in [-0.1, -0.05) is 19.9 Å². The third-order valence-corrected chi connectivity index (χ3v) is 10.8. The standard InChI is InChI=1S/C30H44N2O/c1-4-29(32-23-7-5-6-20(17-23)18-31)28-13-12-27-26-11-9-22-16-21(19-33-3)8-10-24(22)25(26)14-15-30(27,28)2/h5-7,17,21-22,24-29,32H,4,8-16,19H2,1-3H3. The van der Waals surface area contributed by atoms with E-state index in [1.165, 1.54) is 57.8 Å². The summed E-state index contributed by atoms with van der Waals surface area (Å²) in [4.78, 5) is 0. The second-order valence-corrected chi connectivity index (χ2v) is 12.1. The van der Waals surface area contributed by atoms with Crippen molar-refractivity contribution < 1.29 is 4.74 Å². The summed E-state index contributed by atoms with van der Waals surface area (Å²) < 4.78 is 5.52. The van der Waals surface area contributed by atoms with Gasteiger partial charge < -0.3 is 10.1 Å². The average Bonchev–Trinajstić information content (AvgIpc) is 3.19. The van der Waals surface area contributed by atoms with E-state index >= 15 is 0 Å². The first-order valence-corrected chi connectivity index (χ1v) is 13.8. The Labute approximate surface area is 201 Å². The van der Waals surface area contributed by atoms with Gasteiger partial charge in [-0.2, -0.15) is 5.26 Å². The van der Waals surface area contributed by atoms with E-state index in [9.17, 15) is 5.26 Å². The van der Waals surface area contributed by atoms with Gasteiger partial charge in [0.25, 0.3) is 0 Å². The molecule has 0 heterocycles. The van der Waals surface area contributed by atoms with E-state index < -0.39 is 0 Å². The van der Waals surface area contributed by atoms with E-state index in [4.69, 9.17) is 4.74 Å². The van der Waals surface area contributed by atoms with Crippen molar-refractivity contribution in [3.05, 3.63) is 29.8 Å². The summed E-state index contributed by atoms with van der Waals surface area (Å²) in [6.45, 7) is 5.98. The molecule has 0 aliphatic heterocycles. The molecule has 9 atom stereocenters. The van der Waals surface area contributed by atoms with Crippen molar-refractivity contribution in [3.63, 3.8) is 0 Å². The van der Waals surface area contributed by atoms with Crippen LogP contribution in [-0.2, 0) is 4.74 Å². The van der Waals surface area contributed by atoms with Crippen molar-refractivity contribution in [2.75, 3.05) is 19.0 Å². The Balaban J connectivity index is 1.29. The highest BCUT2D eigenvalue weighted by Crippen LogP contribution is 2.65. The summed E-state index contributed by atoms with van der Waals surface area (Å²) in [5, 5.41) is 13.2. The maximum atomic E-state index is 9.31. The summed E-state index contributed by atoms with van der Waals surface area (Å²) >= 11 is 0. The Morgan fingerprint density at radius 3 is 2.73 bits per heavy atom. The molecule has 33 heavy (non-hydrogen) atoms. The molecular formula is C30H44N2O. The van der Waals surface area contributed by atoms with Gasteiger partial charge in [0, 0.05) is 25.4 Å². The number of nitrogens with one attached hydrogen (secondary N) is 1. The topological polar surface area (TPSA) is 45.0 Å². The number of fused-ring (bicyclic) bond motifs is 5. The number of nitriles is 1. The SMILES string of the molecule is CCC(Nc1cccc(C#N)c1)C1CCC2C3CCC4CC(COC)CCC4C3CCC12C. The largest absolute Gasteiger partial charge is 0.384 e. The van der Waals surface area contributed by atoms with Crippen molar-refractivity contribution in [3.8, 4) is 6.07 Å². The fourth-order valence-electron chi connectivity index (χ4n) is 9.42. The normalized spacial score (nSPS) is 40.7. The van der Waals surface area contributed by atoms with Crippen LogP contribution in [0.2, 0.25) is 0 Å². The predicted molar refractivity (Wildman–Crippen MR) is 135 cm³/mol. The molecule has 1 aromatic carbocycles. The van der Waals surface area contributed by atoms with Crippen LogP contribution in [0.5, 0.6) is 0 Å². The Morgan fingerprint density at radius 2 is 1.94 bits per heavy atom. The molecule has 4 aliphatic carbocycles. The van der Waals surface area contributed by atoms with E-state index in [2.05, 4.69) is 31.3 Å². The molecule has 4 fully saturated rings. The van der Waals surface area contributed by atoms with Gasteiger partial charge in [-0.15, -0.1) is 0 Å². The van der Waals surface area contributed by atoms with Crippen LogP contribution in [0, 0.1) is 58.2 Å². The second kappa shape index (κ2) is 9.61. The molecule has 3 nitrogen and oxygen atoms in total. The van der Waals surface area contributed by atoms with Crippen molar-refractivity contribution in [1.82, 2.24) is 0 Å². The van der Waals surface area contributed by atoms with E-state index in [1.807, 2.05) is 25.3 Å². The number of rotatable bonds is 6. The van der Waals surface area contributed by atoms with E-state index in [0.717, 1.165) is 65.7 Å². The summed E-state index contributed by atoms with van der Waals surface area (Å²) in [6.07, 6.45) is 14.1. The van der Waals surface area contributed by atoms with E-state index in [-0.39, 0.29) is 0 Å². The minimum absolute atomic E-state index is 0.474. The molecule has 4 saturated carbocycles. The van der Waals surface area contributed by atoms with Gasteiger partial charge in [0.15, 0.2) is 0 Å². The van der Waals surface area contributed by atoms with Gasteiger partial charge in [0.1, 0.15) is 0 Å². The first-order chi connectivity index (χ1) is 16.1. The lowest BCUT2D eigenvalue weighted by Crippen LogP contribution is -2.50. The third kappa shape index (κ3) is 4.22. The van der Waals surface area contributed by atoms with Crippen LogP contribution < -0.4 is 5.32 Å². The number of nitrogens with zero attached hydrogens (tertiary/aromatic N) is 1. The third-order valence-electron chi connectivity index (χ3n) is 10.8. The Bertz CT molecular complexity index is 861. The fourth-order valence-corrected chi connectivity index (χ4v) is 9.42. The Morgan fingerprint density at radius 1 is 1.09 bits per heavy atom. The number of methoxy groups -OCH3 is 1. The quantitative estimate of drug-likeness (QED) is 0.497. The van der Waals surface area contributed by atoms with Crippen molar-refractivity contribution >= 4 is 5.69 Å². The Kier molecular flexibility index (Phi) is 6.76. The lowest BCUT2D eigenvalue weighted by atomic mass is 9.49. The second-order valence-electron chi connectivity index (χ2n) is 12.1. The first-order valence-electron chi connectivity index (χ1n) is 13.8. The fraction of sp³-hybridized carbons (Fsp3) is 0.767. The van der Waals surface area contributed by atoms with Crippen LogP contribution >= 0.6 is 0 Å². The van der Waals surface area contributed by atoms with Crippen LogP contribution in [0.1, 0.15) is 83.6 Å². The van der Waals surface area contributed by atoms with Crippen molar-refractivity contribution in [2.45, 2.75) is 84.1 Å². The molecule has 0 spiro atoms. The lowest BCUT2D eigenvalue weighted by molar-refractivity contribution is -0.0734. The summed E-state index contributed by atoms with van der Waals surface area (Å²) in [6, 6.07) is 10.9. The van der Waals surface area contributed by atoms with Gasteiger partial charge in [-0.05, 0) is 129 Å². The molecule has 5 rings (SSSR count). The van der Waals surface area contributed by atoms with Crippen molar-refractivity contribution in [2.24, 2.45) is 46.8 Å². The van der Waals surface area contributed by atoms with Crippen LogP contribution in [0.3, 0.4) is 0 Å². The zero-order valence-corrected chi connectivity index (χ0v) is 21.1. The highest BCUT2D eigenvalue weighted by Gasteiger charge is 2.58. The van der Waals surface area contributed by atoms with Crippen molar-refractivity contribution in [1.29, 1.82) is 5.26 Å². The molecule has 0 saturated heterocycles. The van der Waals surface area contributed by atoms with Crippen LogP contribution in [0.15, 0.2) is 24.3 Å². The summed E-state index contributed by atoms with van der Waals surface area (Å²) in [5.41, 5.74) is 2.35.